The summed E-state index contributed by atoms with van der Waals surface area (Å²) in [6.07, 6.45) is 5.01. The van der Waals surface area contributed by atoms with Crippen molar-refractivity contribution in [2.24, 2.45) is 11.8 Å². The van der Waals surface area contributed by atoms with Crippen molar-refractivity contribution in [2.45, 2.75) is 77.7 Å². The zero-order valence-electron chi connectivity index (χ0n) is 12.1. The lowest BCUT2D eigenvalue weighted by molar-refractivity contribution is -0.0549. The molecule has 0 heterocycles. The van der Waals surface area contributed by atoms with Crippen molar-refractivity contribution in [2.75, 3.05) is 6.54 Å². The molecule has 1 fully saturated rings. The lowest BCUT2D eigenvalue weighted by Gasteiger charge is -2.32. The van der Waals surface area contributed by atoms with Gasteiger partial charge in [-0.3, -0.25) is 0 Å². The van der Waals surface area contributed by atoms with Crippen LogP contribution in [0, 0.1) is 11.8 Å². The van der Waals surface area contributed by atoms with Gasteiger partial charge in [0.1, 0.15) is 0 Å². The summed E-state index contributed by atoms with van der Waals surface area (Å²) < 4.78 is 26.8. The summed E-state index contributed by atoms with van der Waals surface area (Å²) in [5.41, 5.74) is 0. The fraction of sp³-hybridized carbons (Fsp3) is 1.00. The Balaban J connectivity index is 2.43. The summed E-state index contributed by atoms with van der Waals surface area (Å²) in [6.45, 7) is 7.56. The van der Waals surface area contributed by atoms with E-state index in [2.05, 4.69) is 26.1 Å². The molecule has 0 saturated heterocycles. The van der Waals surface area contributed by atoms with Crippen molar-refractivity contribution in [1.82, 2.24) is 5.32 Å². The van der Waals surface area contributed by atoms with Crippen LogP contribution in [0.3, 0.4) is 0 Å². The normalized spacial score (nSPS) is 25.3. The summed E-state index contributed by atoms with van der Waals surface area (Å²) >= 11 is 0. The van der Waals surface area contributed by atoms with Gasteiger partial charge in [0, 0.05) is 18.9 Å². The topological polar surface area (TPSA) is 12.0 Å². The molecule has 0 aromatic rings. The first kappa shape index (κ1) is 15.9. The summed E-state index contributed by atoms with van der Waals surface area (Å²) in [5, 5.41) is 3.53. The van der Waals surface area contributed by atoms with E-state index >= 15 is 0 Å². The minimum atomic E-state index is -2.41. The van der Waals surface area contributed by atoms with Gasteiger partial charge in [-0.25, -0.2) is 8.78 Å². The minimum absolute atomic E-state index is 0.0980. The largest absolute Gasteiger partial charge is 0.314 e. The van der Waals surface area contributed by atoms with Crippen LogP contribution in [-0.2, 0) is 0 Å². The SMILES string of the molecule is CCCNC(CC(C)C)CC1CCCC(F)(F)C1. The average molecular weight is 261 g/mol. The molecule has 108 valence electrons. The van der Waals surface area contributed by atoms with E-state index in [0.29, 0.717) is 18.4 Å². The molecule has 1 saturated carbocycles. The number of alkyl halides is 2. The molecule has 0 amide bonds. The van der Waals surface area contributed by atoms with Crippen LogP contribution in [0.5, 0.6) is 0 Å². The fourth-order valence-corrected chi connectivity index (χ4v) is 3.06. The van der Waals surface area contributed by atoms with E-state index in [1.54, 1.807) is 0 Å². The predicted molar refractivity (Wildman–Crippen MR) is 73.1 cm³/mol. The zero-order valence-corrected chi connectivity index (χ0v) is 12.1. The number of nitrogens with one attached hydrogen (secondary N) is 1. The molecule has 3 heteroatoms. The smallest absolute Gasteiger partial charge is 0.248 e. The van der Waals surface area contributed by atoms with Crippen LogP contribution in [0.2, 0.25) is 0 Å². The van der Waals surface area contributed by atoms with Gasteiger partial charge in [-0.1, -0.05) is 20.8 Å². The molecule has 0 aromatic heterocycles. The second-order valence-corrected chi connectivity index (χ2v) is 6.33. The maximum Gasteiger partial charge on any atom is 0.248 e. The molecule has 0 radical (unpaired) electrons. The van der Waals surface area contributed by atoms with Crippen molar-refractivity contribution in [3.05, 3.63) is 0 Å². The van der Waals surface area contributed by atoms with E-state index in [1.165, 1.54) is 0 Å². The van der Waals surface area contributed by atoms with E-state index in [9.17, 15) is 8.78 Å². The summed E-state index contributed by atoms with van der Waals surface area (Å²) in [6, 6.07) is 0.420. The van der Waals surface area contributed by atoms with Crippen molar-refractivity contribution < 1.29 is 8.78 Å². The third kappa shape index (κ3) is 6.12. The van der Waals surface area contributed by atoms with Crippen molar-refractivity contribution in [3.8, 4) is 0 Å². The molecule has 1 N–H and O–H groups in total. The minimum Gasteiger partial charge on any atom is -0.314 e. The van der Waals surface area contributed by atoms with Gasteiger partial charge in [0.15, 0.2) is 0 Å². The van der Waals surface area contributed by atoms with E-state index in [0.717, 1.165) is 32.2 Å². The lowest BCUT2D eigenvalue weighted by Crippen LogP contribution is -2.36. The molecule has 0 bridgehead atoms. The van der Waals surface area contributed by atoms with Crippen LogP contribution >= 0.6 is 0 Å². The van der Waals surface area contributed by atoms with Crippen molar-refractivity contribution in [3.63, 3.8) is 0 Å². The molecule has 2 atom stereocenters. The predicted octanol–water partition coefficient (Wildman–Crippen LogP) is 4.62. The Morgan fingerprint density at radius 3 is 2.61 bits per heavy atom. The molecule has 1 aliphatic carbocycles. The number of hydrogen-bond acceptors (Lipinski definition) is 1. The fourth-order valence-electron chi connectivity index (χ4n) is 3.06. The Morgan fingerprint density at radius 2 is 2.06 bits per heavy atom. The quantitative estimate of drug-likeness (QED) is 0.705. The second kappa shape index (κ2) is 7.42. The van der Waals surface area contributed by atoms with Gasteiger partial charge in [-0.2, -0.15) is 0 Å². The maximum absolute atomic E-state index is 13.4. The van der Waals surface area contributed by atoms with Crippen molar-refractivity contribution in [1.29, 1.82) is 0 Å². The molecular formula is C15H29F2N. The number of hydrogen-bond donors (Lipinski definition) is 1. The molecule has 1 aliphatic rings. The Bertz CT molecular complexity index is 229. The molecule has 0 aliphatic heterocycles. The van der Waals surface area contributed by atoms with Crippen molar-refractivity contribution >= 4 is 0 Å². The van der Waals surface area contributed by atoms with Gasteiger partial charge in [-0.15, -0.1) is 0 Å². The van der Waals surface area contributed by atoms with Crippen LogP contribution in [0.25, 0.3) is 0 Å². The van der Waals surface area contributed by atoms with Gasteiger partial charge in [0.25, 0.3) is 0 Å². The van der Waals surface area contributed by atoms with Crippen LogP contribution in [0.1, 0.15) is 65.7 Å². The summed E-state index contributed by atoms with van der Waals surface area (Å²) in [4.78, 5) is 0. The van der Waals surface area contributed by atoms with Crippen LogP contribution in [0.15, 0.2) is 0 Å². The van der Waals surface area contributed by atoms with Gasteiger partial charge in [0.2, 0.25) is 5.92 Å². The van der Waals surface area contributed by atoms with Gasteiger partial charge in [0.05, 0.1) is 0 Å². The van der Waals surface area contributed by atoms with E-state index < -0.39 is 5.92 Å². The van der Waals surface area contributed by atoms with Gasteiger partial charge in [-0.05, 0) is 50.5 Å². The first-order valence-electron chi connectivity index (χ1n) is 7.54. The van der Waals surface area contributed by atoms with Crippen LogP contribution in [0.4, 0.5) is 8.78 Å². The highest BCUT2D eigenvalue weighted by molar-refractivity contribution is 4.82. The monoisotopic (exact) mass is 261 g/mol. The first-order chi connectivity index (χ1) is 8.43. The Morgan fingerprint density at radius 1 is 1.33 bits per heavy atom. The highest BCUT2D eigenvalue weighted by Crippen LogP contribution is 2.38. The molecular weight excluding hydrogens is 232 g/mol. The average Bonchev–Trinajstić information content (AvgIpc) is 2.23. The Hall–Kier alpha value is -0.180. The highest BCUT2D eigenvalue weighted by atomic mass is 19.3. The maximum atomic E-state index is 13.4. The molecule has 1 nitrogen and oxygen atoms in total. The number of rotatable bonds is 7. The third-order valence-electron chi connectivity index (χ3n) is 3.80. The van der Waals surface area contributed by atoms with Crippen LogP contribution < -0.4 is 5.32 Å². The summed E-state index contributed by atoms with van der Waals surface area (Å²) in [5.74, 6) is -1.57. The first-order valence-corrected chi connectivity index (χ1v) is 7.54. The van der Waals surface area contributed by atoms with E-state index in [1.807, 2.05) is 0 Å². The lowest BCUT2D eigenvalue weighted by atomic mass is 9.81. The molecule has 0 aromatic carbocycles. The Labute approximate surface area is 111 Å². The van der Waals surface area contributed by atoms with E-state index in [-0.39, 0.29) is 18.8 Å². The molecule has 18 heavy (non-hydrogen) atoms. The van der Waals surface area contributed by atoms with Gasteiger partial charge >= 0.3 is 0 Å². The molecule has 1 rings (SSSR count). The second-order valence-electron chi connectivity index (χ2n) is 6.33. The Kier molecular flexibility index (Phi) is 6.54. The third-order valence-corrected chi connectivity index (χ3v) is 3.80. The molecule has 2 unspecified atom stereocenters. The van der Waals surface area contributed by atoms with E-state index in [4.69, 9.17) is 0 Å². The summed E-state index contributed by atoms with van der Waals surface area (Å²) in [7, 11) is 0. The zero-order chi connectivity index (χ0) is 13.6. The highest BCUT2D eigenvalue weighted by Gasteiger charge is 2.36. The van der Waals surface area contributed by atoms with Crippen LogP contribution in [-0.4, -0.2) is 18.5 Å². The standard InChI is InChI=1S/C15H29F2N/c1-4-8-18-14(9-12(2)3)10-13-6-5-7-15(16,17)11-13/h12-14,18H,4-11H2,1-3H3. The molecule has 0 spiro atoms. The van der Waals surface area contributed by atoms with Gasteiger partial charge < -0.3 is 5.32 Å². The number of halogens is 2.